The SMILES string of the molecule is CC1(C)OB(CCCc2ccc(N(CCCl)CCCl)cc2)OC1(C)C. The summed E-state index contributed by atoms with van der Waals surface area (Å²) in [5.74, 6) is 1.21. The van der Waals surface area contributed by atoms with Crippen LogP contribution in [-0.4, -0.2) is 43.2 Å². The van der Waals surface area contributed by atoms with Crippen LogP contribution >= 0.6 is 23.2 Å². The zero-order valence-corrected chi connectivity index (χ0v) is 17.4. The first-order valence-corrected chi connectivity index (χ1v) is 10.2. The summed E-state index contributed by atoms with van der Waals surface area (Å²) in [5.41, 5.74) is 2.02. The molecule has 0 aromatic heterocycles. The third-order valence-corrected chi connectivity index (χ3v) is 5.56. The molecular weight excluding hydrogens is 356 g/mol. The molecule has 0 bridgehead atoms. The van der Waals surface area contributed by atoms with Crippen LogP contribution in [0.25, 0.3) is 0 Å². The van der Waals surface area contributed by atoms with E-state index in [-0.39, 0.29) is 18.3 Å². The van der Waals surface area contributed by atoms with Crippen molar-refractivity contribution in [1.82, 2.24) is 0 Å². The summed E-state index contributed by atoms with van der Waals surface area (Å²) in [7, 11) is -0.104. The third-order valence-electron chi connectivity index (χ3n) is 5.22. The Balaban J connectivity index is 1.82. The summed E-state index contributed by atoms with van der Waals surface area (Å²) in [6, 6.07) is 8.69. The number of anilines is 1. The lowest BCUT2D eigenvalue weighted by molar-refractivity contribution is 0.00578. The number of halogens is 2. The molecule has 0 spiro atoms. The number of benzene rings is 1. The van der Waals surface area contributed by atoms with E-state index < -0.39 is 0 Å². The second-order valence-corrected chi connectivity index (χ2v) is 8.37. The number of rotatable bonds is 9. The van der Waals surface area contributed by atoms with Crippen LogP contribution in [0.3, 0.4) is 0 Å². The molecule has 1 aromatic rings. The largest absolute Gasteiger partial charge is 0.457 e. The minimum Gasteiger partial charge on any atom is -0.403 e. The Kier molecular flexibility index (Phi) is 7.51. The van der Waals surface area contributed by atoms with Gasteiger partial charge in [-0.15, -0.1) is 23.2 Å². The summed E-state index contributed by atoms with van der Waals surface area (Å²) < 4.78 is 12.1. The molecule has 1 fully saturated rings. The molecule has 0 unspecified atom stereocenters. The molecule has 0 radical (unpaired) electrons. The van der Waals surface area contributed by atoms with Gasteiger partial charge >= 0.3 is 7.12 Å². The van der Waals surface area contributed by atoms with Crippen LogP contribution in [-0.2, 0) is 15.7 Å². The fourth-order valence-corrected chi connectivity index (χ4v) is 3.41. The molecule has 3 nitrogen and oxygen atoms in total. The average Bonchev–Trinajstić information content (AvgIpc) is 2.75. The molecule has 1 aromatic carbocycles. The normalized spacial score (nSPS) is 18.6. The van der Waals surface area contributed by atoms with E-state index in [0.29, 0.717) is 11.8 Å². The lowest BCUT2D eigenvalue weighted by Gasteiger charge is -2.32. The van der Waals surface area contributed by atoms with Crippen molar-refractivity contribution in [3.05, 3.63) is 29.8 Å². The maximum atomic E-state index is 6.05. The Morgan fingerprint density at radius 2 is 1.44 bits per heavy atom. The minimum absolute atomic E-state index is 0.104. The zero-order valence-electron chi connectivity index (χ0n) is 15.9. The van der Waals surface area contributed by atoms with E-state index in [2.05, 4.69) is 56.9 Å². The maximum Gasteiger partial charge on any atom is 0.457 e. The van der Waals surface area contributed by atoms with Gasteiger partial charge in [-0.05, 0) is 58.1 Å². The lowest BCUT2D eigenvalue weighted by atomic mass is 9.82. The fraction of sp³-hybridized carbons (Fsp3) is 0.684. The van der Waals surface area contributed by atoms with E-state index in [9.17, 15) is 0 Å². The molecule has 6 heteroatoms. The fourth-order valence-electron chi connectivity index (χ4n) is 3.00. The van der Waals surface area contributed by atoms with Crippen LogP contribution in [0.4, 0.5) is 5.69 Å². The van der Waals surface area contributed by atoms with E-state index in [1.807, 2.05) is 0 Å². The molecule has 0 saturated carbocycles. The van der Waals surface area contributed by atoms with Crippen molar-refractivity contribution >= 4 is 36.0 Å². The van der Waals surface area contributed by atoms with Crippen molar-refractivity contribution in [3.8, 4) is 0 Å². The molecule has 2 rings (SSSR count). The van der Waals surface area contributed by atoms with Gasteiger partial charge in [-0.3, -0.25) is 0 Å². The molecule has 0 atom stereocenters. The Bertz CT molecular complexity index is 515. The molecule has 25 heavy (non-hydrogen) atoms. The summed E-state index contributed by atoms with van der Waals surface area (Å²) >= 11 is 11.8. The van der Waals surface area contributed by atoms with Gasteiger partial charge in [-0.25, -0.2) is 0 Å². The zero-order chi connectivity index (χ0) is 18.5. The van der Waals surface area contributed by atoms with Crippen LogP contribution in [0.2, 0.25) is 6.32 Å². The number of hydrogen-bond donors (Lipinski definition) is 0. The first kappa shape index (κ1) is 20.9. The smallest absolute Gasteiger partial charge is 0.403 e. The number of aryl methyl sites for hydroxylation is 1. The van der Waals surface area contributed by atoms with Gasteiger partial charge in [0.2, 0.25) is 0 Å². The van der Waals surface area contributed by atoms with Crippen molar-refractivity contribution in [2.45, 2.75) is 58.1 Å². The topological polar surface area (TPSA) is 21.7 Å². The molecule has 140 valence electrons. The quantitative estimate of drug-likeness (QED) is 0.441. The van der Waals surface area contributed by atoms with Gasteiger partial charge < -0.3 is 14.2 Å². The Hall–Kier alpha value is -0.415. The Morgan fingerprint density at radius 1 is 0.920 bits per heavy atom. The highest BCUT2D eigenvalue weighted by molar-refractivity contribution is 6.45. The maximum absolute atomic E-state index is 6.05. The van der Waals surface area contributed by atoms with Crippen LogP contribution in [0.15, 0.2) is 24.3 Å². The summed E-state index contributed by atoms with van der Waals surface area (Å²) in [5, 5.41) is 0. The predicted molar refractivity (Wildman–Crippen MR) is 109 cm³/mol. The van der Waals surface area contributed by atoms with Crippen molar-refractivity contribution in [1.29, 1.82) is 0 Å². The van der Waals surface area contributed by atoms with Crippen molar-refractivity contribution in [3.63, 3.8) is 0 Å². The van der Waals surface area contributed by atoms with Crippen molar-refractivity contribution < 1.29 is 9.31 Å². The highest BCUT2D eigenvalue weighted by Crippen LogP contribution is 2.38. The van der Waals surface area contributed by atoms with Crippen LogP contribution in [0, 0.1) is 0 Å². The summed E-state index contributed by atoms with van der Waals surface area (Å²) in [6.07, 6.45) is 2.98. The monoisotopic (exact) mass is 385 g/mol. The van der Waals surface area contributed by atoms with E-state index in [1.165, 1.54) is 11.3 Å². The highest BCUT2D eigenvalue weighted by Gasteiger charge is 2.50. The Labute approximate surface area is 163 Å². The number of nitrogens with zero attached hydrogens (tertiary/aromatic N) is 1. The number of alkyl halides is 2. The standard InChI is InChI=1S/C19H30BCl2NO2/c1-18(2)19(3,4)25-20(24-18)11-5-6-16-7-9-17(10-8-16)23(14-12-21)15-13-22/h7-10H,5-6,11-15H2,1-4H3. The van der Waals surface area contributed by atoms with E-state index >= 15 is 0 Å². The highest BCUT2D eigenvalue weighted by atomic mass is 35.5. The molecule has 1 aliphatic rings. The summed E-state index contributed by atoms with van der Waals surface area (Å²) in [6.45, 7) is 10.0. The molecule has 1 aliphatic heterocycles. The van der Waals surface area contributed by atoms with Gasteiger partial charge in [0, 0.05) is 30.5 Å². The van der Waals surface area contributed by atoms with Gasteiger partial charge in [-0.2, -0.15) is 0 Å². The van der Waals surface area contributed by atoms with E-state index in [1.54, 1.807) is 0 Å². The van der Waals surface area contributed by atoms with Crippen LogP contribution in [0.5, 0.6) is 0 Å². The molecule has 1 saturated heterocycles. The molecule has 0 amide bonds. The van der Waals surface area contributed by atoms with Gasteiger partial charge in [0.05, 0.1) is 11.2 Å². The second kappa shape index (κ2) is 8.99. The molecule has 0 aliphatic carbocycles. The summed E-state index contributed by atoms with van der Waals surface area (Å²) in [4.78, 5) is 2.22. The predicted octanol–water partition coefficient (Wildman–Crippen LogP) is 5.00. The first-order valence-electron chi connectivity index (χ1n) is 9.10. The minimum atomic E-state index is -0.242. The van der Waals surface area contributed by atoms with Crippen LogP contribution < -0.4 is 4.90 Å². The molecule has 1 heterocycles. The second-order valence-electron chi connectivity index (χ2n) is 7.61. The van der Waals surface area contributed by atoms with Crippen molar-refractivity contribution in [2.75, 3.05) is 29.7 Å². The van der Waals surface area contributed by atoms with Crippen molar-refractivity contribution in [2.24, 2.45) is 0 Å². The van der Waals surface area contributed by atoms with Gasteiger partial charge in [0.15, 0.2) is 0 Å². The molecule has 0 N–H and O–H groups in total. The van der Waals surface area contributed by atoms with Gasteiger partial charge in [-0.1, -0.05) is 18.6 Å². The van der Waals surface area contributed by atoms with Gasteiger partial charge in [0.25, 0.3) is 0 Å². The van der Waals surface area contributed by atoms with E-state index in [0.717, 1.165) is 32.3 Å². The lowest BCUT2D eigenvalue weighted by Crippen LogP contribution is -2.41. The Morgan fingerprint density at radius 3 is 1.92 bits per heavy atom. The van der Waals surface area contributed by atoms with Gasteiger partial charge in [0.1, 0.15) is 0 Å². The third kappa shape index (κ3) is 5.53. The number of hydrogen-bond acceptors (Lipinski definition) is 3. The van der Waals surface area contributed by atoms with E-state index in [4.69, 9.17) is 32.5 Å². The van der Waals surface area contributed by atoms with Crippen LogP contribution in [0.1, 0.15) is 39.7 Å². The average molecular weight is 386 g/mol. The molecular formula is C19H30BCl2NO2. The first-order chi connectivity index (χ1) is 11.8.